The number of piperidine rings is 1. The van der Waals surface area contributed by atoms with Crippen LogP contribution < -0.4 is 10.8 Å². The highest BCUT2D eigenvalue weighted by molar-refractivity contribution is 5.81. The second kappa shape index (κ2) is 5.83. The molecule has 100 valence electrons. The van der Waals surface area contributed by atoms with Crippen LogP contribution in [0.15, 0.2) is 0 Å². The highest BCUT2D eigenvalue weighted by atomic mass is 16.7. The van der Waals surface area contributed by atoms with Gasteiger partial charge >= 0.3 is 0 Å². The van der Waals surface area contributed by atoms with Gasteiger partial charge in [0.2, 0.25) is 5.91 Å². The van der Waals surface area contributed by atoms with Crippen molar-refractivity contribution in [3.05, 3.63) is 0 Å². The second-order valence-electron chi connectivity index (χ2n) is 5.93. The van der Waals surface area contributed by atoms with Crippen LogP contribution in [0.3, 0.4) is 0 Å². The molecule has 0 aromatic carbocycles. The lowest BCUT2D eigenvalue weighted by atomic mass is 9.75. The molecule has 0 spiro atoms. The molecular formula is C13H26N2O2. The Morgan fingerprint density at radius 3 is 2.41 bits per heavy atom. The van der Waals surface area contributed by atoms with Gasteiger partial charge in [0.25, 0.3) is 0 Å². The maximum atomic E-state index is 12.3. The van der Waals surface area contributed by atoms with Gasteiger partial charge < -0.3 is 5.32 Å². The molecule has 0 aliphatic carbocycles. The number of carbonyl (C=O) groups is 1. The molecule has 1 saturated heterocycles. The highest BCUT2D eigenvalue weighted by Gasteiger charge is 2.39. The third kappa shape index (κ3) is 4.28. The van der Waals surface area contributed by atoms with Crippen molar-refractivity contribution in [1.82, 2.24) is 10.8 Å². The molecule has 0 atom stereocenters. The minimum absolute atomic E-state index is 0.0516. The van der Waals surface area contributed by atoms with Gasteiger partial charge in [-0.3, -0.25) is 9.63 Å². The number of carbonyl (C=O) groups excluding carboxylic acids is 1. The fourth-order valence-corrected chi connectivity index (χ4v) is 2.28. The van der Waals surface area contributed by atoms with E-state index in [1.165, 1.54) is 0 Å². The van der Waals surface area contributed by atoms with E-state index in [1.54, 1.807) is 0 Å². The van der Waals surface area contributed by atoms with Crippen LogP contribution in [0.25, 0.3) is 0 Å². The molecule has 1 fully saturated rings. The molecule has 4 nitrogen and oxygen atoms in total. The van der Waals surface area contributed by atoms with Crippen LogP contribution in [0.4, 0.5) is 0 Å². The first-order valence-electron chi connectivity index (χ1n) is 6.59. The van der Waals surface area contributed by atoms with E-state index in [0.29, 0.717) is 0 Å². The number of rotatable bonds is 4. The van der Waals surface area contributed by atoms with Gasteiger partial charge in [0.05, 0.1) is 11.0 Å². The lowest BCUT2D eigenvalue weighted by molar-refractivity contribution is -0.158. The minimum Gasteiger partial charge on any atom is -0.317 e. The minimum atomic E-state index is -0.337. The van der Waals surface area contributed by atoms with Gasteiger partial charge in [-0.25, -0.2) is 5.48 Å². The Labute approximate surface area is 104 Å². The zero-order chi connectivity index (χ0) is 12.9. The summed E-state index contributed by atoms with van der Waals surface area (Å²) in [7, 11) is 0. The molecule has 1 amide bonds. The molecule has 2 N–H and O–H groups in total. The predicted octanol–water partition coefficient (Wildman–Crippen LogP) is 2.00. The summed E-state index contributed by atoms with van der Waals surface area (Å²) in [6.07, 6.45) is 3.78. The first-order chi connectivity index (χ1) is 7.90. The maximum absolute atomic E-state index is 12.3. The van der Waals surface area contributed by atoms with Crippen LogP contribution in [0.2, 0.25) is 0 Å². The molecule has 0 aromatic heterocycles. The number of hydrogen-bond donors (Lipinski definition) is 2. The molecule has 1 aliphatic rings. The van der Waals surface area contributed by atoms with Gasteiger partial charge in [-0.2, -0.15) is 0 Å². The summed E-state index contributed by atoms with van der Waals surface area (Å²) in [4.78, 5) is 17.7. The van der Waals surface area contributed by atoms with Gasteiger partial charge in [0.1, 0.15) is 0 Å². The Hall–Kier alpha value is -0.610. The largest absolute Gasteiger partial charge is 0.317 e. The van der Waals surface area contributed by atoms with E-state index in [9.17, 15) is 4.79 Å². The fraction of sp³-hybridized carbons (Fsp3) is 0.923. The summed E-state index contributed by atoms with van der Waals surface area (Å²) < 4.78 is 0. The molecule has 1 aliphatic heterocycles. The van der Waals surface area contributed by atoms with Crippen molar-refractivity contribution in [2.75, 3.05) is 13.1 Å². The lowest BCUT2D eigenvalue weighted by Gasteiger charge is -2.36. The van der Waals surface area contributed by atoms with Crippen LogP contribution in [0.5, 0.6) is 0 Å². The molecule has 0 radical (unpaired) electrons. The average Bonchev–Trinajstić information content (AvgIpc) is 2.26. The predicted molar refractivity (Wildman–Crippen MR) is 68.4 cm³/mol. The summed E-state index contributed by atoms with van der Waals surface area (Å²) in [5.41, 5.74) is 2.08. The summed E-state index contributed by atoms with van der Waals surface area (Å²) in [6, 6.07) is 0. The third-order valence-electron chi connectivity index (χ3n) is 3.22. The van der Waals surface area contributed by atoms with Crippen molar-refractivity contribution in [3.8, 4) is 0 Å². The first kappa shape index (κ1) is 14.5. The third-order valence-corrected chi connectivity index (χ3v) is 3.22. The van der Waals surface area contributed by atoms with E-state index in [2.05, 4.69) is 17.7 Å². The standard InChI is InChI=1S/C13H26N2O2/c1-5-6-13(7-9-14-10-8-13)11(16)15-17-12(2,3)4/h14H,5-10H2,1-4H3,(H,15,16). The molecule has 0 unspecified atom stereocenters. The van der Waals surface area contributed by atoms with Gasteiger partial charge in [0, 0.05) is 0 Å². The molecule has 1 rings (SSSR count). The Bertz CT molecular complexity index is 247. The van der Waals surface area contributed by atoms with Gasteiger partial charge in [-0.05, 0) is 53.1 Å². The lowest BCUT2D eigenvalue weighted by Crippen LogP contribution is -2.49. The topological polar surface area (TPSA) is 50.4 Å². The normalized spacial score (nSPS) is 20.0. The molecule has 0 saturated carbocycles. The van der Waals surface area contributed by atoms with E-state index in [4.69, 9.17) is 4.84 Å². The highest BCUT2D eigenvalue weighted by Crippen LogP contribution is 2.34. The Kier molecular flexibility index (Phi) is 4.95. The molecule has 0 bridgehead atoms. The van der Waals surface area contributed by atoms with Gasteiger partial charge in [-0.1, -0.05) is 13.3 Å². The zero-order valence-corrected chi connectivity index (χ0v) is 11.6. The van der Waals surface area contributed by atoms with Crippen molar-refractivity contribution in [3.63, 3.8) is 0 Å². The summed E-state index contributed by atoms with van der Waals surface area (Å²) in [6.45, 7) is 9.76. The van der Waals surface area contributed by atoms with Crippen molar-refractivity contribution >= 4 is 5.91 Å². The fourth-order valence-electron chi connectivity index (χ4n) is 2.28. The SMILES string of the molecule is CCCC1(C(=O)NOC(C)(C)C)CCNCC1. The van der Waals surface area contributed by atoms with Crippen molar-refractivity contribution < 1.29 is 9.63 Å². The maximum Gasteiger partial charge on any atom is 0.249 e. The van der Waals surface area contributed by atoms with Crippen LogP contribution in [-0.2, 0) is 9.63 Å². The molecule has 1 heterocycles. The summed E-state index contributed by atoms with van der Waals surface area (Å²) >= 11 is 0. The van der Waals surface area contributed by atoms with Crippen molar-refractivity contribution in [1.29, 1.82) is 0 Å². The quantitative estimate of drug-likeness (QED) is 0.741. The monoisotopic (exact) mass is 242 g/mol. The van der Waals surface area contributed by atoms with Gasteiger partial charge in [0.15, 0.2) is 0 Å². The number of hydroxylamine groups is 1. The smallest absolute Gasteiger partial charge is 0.249 e. The molecule has 0 aromatic rings. The number of nitrogens with one attached hydrogen (secondary N) is 2. The number of amides is 1. The Balaban J connectivity index is 2.60. The van der Waals surface area contributed by atoms with Crippen LogP contribution in [0, 0.1) is 5.41 Å². The average molecular weight is 242 g/mol. The van der Waals surface area contributed by atoms with Crippen LogP contribution in [-0.4, -0.2) is 24.6 Å². The second-order valence-corrected chi connectivity index (χ2v) is 5.93. The molecule has 17 heavy (non-hydrogen) atoms. The van der Waals surface area contributed by atoms with Crippen LogP contribution in [0.1, 0.15) is 53.4 Å². The van der Waals surface area contributed by atoms with E-state index >= 15 is 0 Å². The van der Waals surface area contributed by atoms with E-state index in [0.717, 1.165) is 38.8 Å². The molecule has 4 heteroatoms. The van der Waals surface area contributed by atoms with Crippen LogP contribution >= 0.6 is 0 Å². The summed E-state index contributed by atoms with van der Waals surface area (Å²) in [5, 5.41) is 3.30. The van der Waals surface area contributed by atoms with Gasteiger partial charge in [-0.15, -0.1) is 0 Å². The van der Waals surface area contributed by atoms with Crippen molar-refractivity contribution in [2.24, 2.45) is 5.41 Å². The Morgan fingerprint density at radius 2 is 1.94 bits per heavy atom. The Morgan fingerprint density at radius 1 is 1.35 bits per heavy atom. The first-order valence-corrected chi connectivity index (χ1v) is 6.59. The summed E-state index contributed by atoms with van der Waals surface area (Å²) in [5.74, 6) is 0.0516. The number of hydrogen-bond acceptors (Lipinski definition) is 3. The zero-order valence-electron chi connectivity index (χ0n) is 11.6. The van der Waals surface area contributed by atoms with E-state index in [1.807, 2.05) is 20.8 Å². The van der Waals surface area contributed by atoms with E-state index < -0.39 is 0 Å². The van der Waals surface area contributed by atoms with E-state index in [-0.39, 0.29) is 16.9 Å². The van der Waals surface area contributed by atoms with Crippen molar-refractivity contribution in [2.45, 2.75) is 59.0 Å². The molecular weight excluding hydrogens is 216 g/mol.